The van der Waals surface area contributed by atoms with Gasteiger partial charge in [0.1, 0.15) is 11.3 Å². The number of hydrogen-bond donors (Lipinski definition) is 1. The molecule has 0 unspecified atom stereocenters. The van der Waals surface area contributed by atoms with Crippen molar-refractivity contribution in [2.45, 2.75) is 122 Å². The number of unbranched alkanes of at least 4 members (excludes halogenated alkanes) is 16. The maximum absolute atomic E-state index is 11.9. The van der Waals surface area contributed by atoms with Gasteiger partial charge in [0.05, 0.1) is 6.61 Å². The fraction of sp³-hybridized carbons (Fsp3) is 0.719. The SMILES string of the molecule is CCCCCCCC/C=C\CCCCCCCCCCCCOC(=O)c1ccccc1O.CN(C)C. The Bertz CT molecular complexity index is 639. The summed E-state index contributed by atoms with van der Waals surface area (Å²) in [5.74, 6) is -0.450. The van der Waals surface area contributed by atoms with E-state index in [1.807, 2.05) is 26.0 Å². The second kappa shape index (κ2) is 26.3. The number of carbonyl (C=O) groups excluding carboxylic acids is 1. The standard InChI is InChI=1S/C29H48O3.C3H9N/c1-2-3-4-5-6-7-8-9-10-11-12-13-14-15-16-17-18-19-20-23-26-32-29(31)27-24-21-22-25-28(27)30;1-4(2)3/h9-10,21-22,24-25,30H,2-8,11-20,23,26H2,1H3;1-3H3/b10-9-;. The summed E-state index contributed by atoms with van der Waals surface area (Å²) >= 11 is 0. The molecule has 0 aromatic heterocycles. The van der Waals surface area contributed by atoms with E-state index in [1.54, 1.807) is 18.2 Å². The summed E-state index contributed by atoms with van der Waals surface area (Å²) in [7, 11) is 6.00. The number of ether oxygens (including phenoxy) is 1. The van der Waals surface area contributed by atoms with Gasteiger partial charge in [-0.3, -0.25) is 0 Å². The molecule has 0 amide bonds. The van der Waals surface area contributed by atoms with Gasteiger partial charge in [-0.05, 0) is 65.4 Å². The van der Waals surface area contributed by atoms with Gasteiger partial charge in [0.15, 0.2) is 0 Å². The highest BCUT2D eigenvalue weighted by atomic mass is 16.5. The molecule has 1 aromatic rings. The number of benzene rings is 1. The molecule has 0 atom stereocenters. The topological polar surface area (TPSA) is 49.8 Å². The van der Waals surface area contributed by atoms with Crippen LogP contribution in [0.5, 0.6) is 5.75 Å². The molecule has 0 saturated heterocycles. The number of aromatic hydroxyl groups is 1. The van der Waals surface area contributed by atoms with Crippen LogP contribution in [0.25, 0.3) is 0 Å². The van der Waals surface area contributed by atoms with Crippen molar-refractivity contribution in [3.63, 3.8) is 0 Å². The van der Waals surface area contributed by atoms with Crippen molar-refractivity contribution < 1.29 is 14.6 Å². The first-order valence-electron chi connectivity index (χ1n) is 14.7. The van der Waals surface area contributed by atoms with E-state index in [0.29, 0.717) is 6.61 Å². The van der Waals surface area contributed by atoms with Gasteiger partial charge in [-0.2, -0.15) is 0 Å². The summed E-state index contributed by atoms with van der Waals surface area (Å²) in [4.78, 5) is 13.9. The predicted molar refractivity (Wildman–Crippen MR) is 156 cm³/mol. The molecule has 36 heavy (non-hydrogen) atoms. The predicted octanol–water partition coefficient (Wildman–Crippen LogP) is 9.32. The van der Waals surface area contributed by atoms with Crippen LogP contribution in [0, 0.1) is 0 Å². The lowest BCUT2D eigenvalue weighted by molar-refractivity contribution is 0.0494. The van der Waals surface area contributed by atoms with E-state index in [9.17, 15) is 9.90 Å². The van der Waals surface area contributed by atoms with Crippen molar-refractivity contribution in [3.05, 3.63) is 42.0 Å². The molecule has 0 fully saturated rings. The molecule has 208 valence electrons. The monoisotopic (exact) mass is 503 g/mol. The maximum Gasteiger partial charge on any atom is 0.341 e. The molecule has 0 saturated carbocycles. The first-order valence-corrected chi connectivity index (χ1v) is 14.7. The Hall–Kier alpha value is -1.81. The van der Waals surface area contributed by atoms with Crippen LogP contribution in [0.2, 0.25) is 0 Å². The van der Waals surface area contributed by atoms with E-state index in [4.69, 9.17) is 4.74 Å². The Balaban J connectivity index is 0.00000283. The zero-order valence-corrected chi connectivity index (χ0v) is 24.1. The number of allylic oxidation sites excluding steroid dienone is 2. The van der Waals surface area contributed by atoms with Gasteiger partial charge < -0.3 is 14.7 Å². The average molecular weight is 504 g/mol. The number of para-hydroxylation sites is 1. The van der Waals surface area contributed by atoms with E-state index < -0.39 is 5.97 Å². The third kappa shape index (κ3) is 23.9. The zero-order chi connectivity index (χ0) is 26.7. The Morgan fingerprint density at radius 2 is 1.14 bits per heavy atom. The minimum absolute atomic E-state index is 0.0162. The van der Waals surface area contributed by atoms with E-state index in [0.717, 1.165) is 12.8 Å². The Labute approximate surface area is 223 Å². The van der Waals surface area contributed by atoms with Crippen LogP contribution in [0.4, 0.5) is 0 Å². The summed E-state index contributed by atoms with van der Waals surface area (Å²) < 4.78 is 5.24. The summed E-state index contributed by atoms with van der Waals surface area (Å²) in [6.45, 7) is 2.71. The highest BCUT2D eigenvalue weighted by Crippen LogP contribution is 2.17. The van der Waals surface area contributed by atoms with Crippen LogP contribution in [-0.4, -0.2) is 43.7 Å². The van der Waals surface area contributed by atoms with Gasteiger partial charge in [-0.15, -0.1) is 0 Å². The van der Waals surface area contributed by atoms with Gasteiger partial charge in [-0.25, -0.2) is 4.79 Å². The maximum atomic E-state index is 11.9. The van der Waals surface area contributed by atoms with Crippen molar-refractivity contribution in [1.29, 1.82) is 0 Å². The Kier molecular flexibility index (Phi) is 24.9. The first kappa shape index (κ1) is 34.2. The summed E-state index contributed by atoms with van der Waals surface area (Å²) in [6.07, 6.45) is 28.2. The van der Waals surface area contributed by atoms with Crippen LogP contribution in [-0.2, 0) is 4.74 Å². The van der Waals surface area contributed by atoms with Crippen molar-refractivity contribution in [3.8, 4) is 5.75 Å². The van der Waals surface area contributed by atoms with Crippen LogP contribution in [0.1, 0.15) is 133 Å². The van der Waals surface area contributed by atoms with Crippen LogP contribution in [0.15, 0.2) is 36.4 Å². The molecule has 0 aliphatic heterocycles. The van der Waals surface area contributed by atoms with Gasteiger partial charge >= 0.3 is 5.97 Å². The van der Waals surface area contributed by atoms with Crippen LogP contribution < -0.4 is 0 Å². The minimum Gasteiger partial charge on any atom is -0.507 e. The fourth-order valence-electron chi connectivity index (χ4n) is 3.95. The van der Waals surface area contributed by atoms with Crippen molar-refractivity contribution in [1.82, 2.24) is 4.90 Å². The molecule has 1 aromatic carbocycles. The van der Waals surface area contributed by atoms with Crippen LogP contribution in [0.3, 0.4) is 0 Å². The number of carbonyl (C=O) groups is 1. The molecule has 0 aliphatic carbocycles. The second-order valence-electron chi connectivity index (χ2n) is 10.3. The second-order valence-corrected chi connectivity index (χ2v) is 10.3. The van der Waals surface area contributed by atoms with Crippen molar-refractivity contribution in [2.75, 3.05) is 27.7 Å². The smallest absolute Gasteiger partial charge is 0.341 e. The molecular weight excluding hydrogens is 446 g/mol. The molecule has 4 heteroatoms. The Morgan fingerprint density at radius 3 is 1.61 bits per heavy atom. The summed E-state index contributed by atoms with van der Waals surface area (Å²) in [5, 5.41) is 9.65. The lowest BCUT2D eigenvalue weighted by atomic mass is 10.1. The molecule has 0 spiro atoms. The fourth-order valence-corrected chi connectivity index (χ4v) is 3.95. The molecular formula is C32H57NO3. The average Bonchev–Trinajstić information content (AvgIpc) is 2.84. The minimum atomic E-state index is -0.434. The third-order valence-electron chi connectivity index (χ3n) is 6.01. The lowest BCUT2D eigenvalue weighted by Gasteiger charge is -2.06. The first-order chi connectivity index (χ1) is 17.5. The molecule has 0 bridgehead atoms. The van der Waals surface area contributed by atoms with E-state index in [2.05, 4.69) is 19.1 Å². The number of esters is 1. The largest absolute Gasteiger partial charge is 0.507 e. The van der Waals surface area contributed by atoms with Gasteiger partial charge in [0.2, 0.25) is 0 Å². The molecule has 0 radical (unpaired) electrons. The van der Waals surface area contributed by atoms with Gasteiger partial charge in [0, 0.05) is 0 Å². The number of rotatable bonds is 21. The number of nitrogens with zero attached hydrogens (tertiary/aromatic N) is 1. The number of hydrogen-bond acceptors (Lipinski definition) is 4. The van der Waals surface area contributed by atoms with Crippen molar-refractivity contribution in [2.24, 2.45) is 0 Å². The zero-order valence-electron chi connectivity index (χ0n) is 24.1. The molecule has 0 aliphatic rings. The molecule has 0 heterocycles. The van der Waals surface area contributed by atoms with Crippen molar-refractivity contribution >= 4 is 5.97 Å². The summed E-state index contributed by atoms with van der Waals surface area (Å²) in [5.41, 5.74) is 0.247. The molecule has 1 N–H and O–H groups in total. The third-order valence-corrected chi connectivity index (χ3v) is 6.01. The summed E-state index contributed by atoms with van der Waals surface area (Å²) in [6, 6.07) is 6.52. The van der Waals surface area contributed by atoms with Gasteiger partial charge in [0.25, 0.3) is 0 Å². The van der Waals surface area contributed by atoms with E-state index >= 15 is 0 Å². The quantitative estimate of drug-likeness (QED) is 0.103. The van der Waals surface area contributed by atoms with Gasteiger partial charge in [-0.1, -0.05) is 115 Å². The number of phenols is 1. The van der Waals surface area contributed by atoms with Crippen LogP contribution >= 0.6 is 0 Å². The highest BCUT2D eigenvalue weighted by Gasteiger charge is 2.10. The van der Waals surface area contributed by atoms with E-state index in [-0.39, 0.29) is 11.3 Å². The molecule has 4 nitrogen and oxygen atoms in total. The Morgan fingerprint density at radius 1 is 0.722 bits per heavy atom. The molecule has 1 rings (SSSR count). The number of phenolic OH excluding ortho intramolecular Hbond substituents is 1. The highest BCUT2D eigenvalue weighted by molar-refractivity contribution is 5.92. The lowest BCUT2D eigenvalue weighted by Crippen LogP contribution is -2.06. The van der Waals surface area contributed by atoms with E-state index in [1.165, 1.54) is 109 Å². The normalized spacial score (nSPS) is 11.0.